The average Bonchev–Trinajstić information content (AvgIpc) is 2.58. The summed E-state index contributed by atoms with van der Waals surface area (Å²) in [6, 6.07) is 0. The molecule has 0 aliphatic heterocycles. The van der Waals surface area contributed by atoms with Gasteiger partial charge in [0.2, 0.25) is 5.41 Å². The number of hydrogen-bond acceptors (Lipinski definition) is 3. The second kappa shape index (κ2) is 10.3. The Balaban J connectivity index is 2.62. The molecular formula is C22H30F6O3. The molecule has 1 fully saturated rings. The fourth-order valence-corrected chi connectivity index (χ4v) is 3.20. The normalized spacial score (nSPS) is 21.2. The van der Waals surface area contributed by atoms with Crippen LogP contribution in [0.15, 0.2) is 23.5 Å². The zero-order valence-electron chi connectivity index (χ0n) is 17.9. The molecule has 3 N–H and O–H groups in total. The summed E-state index contributed by atoms with van der Waals surface area (Å²) in [5, 5.41) is 29.3. The molecule has 0 aromatic heterocycles. The fourth-order valence-electron chi connectivity index (χ4n) is 3.20. The second-order valence-corrected chi connectivity index (χ2v) is 9.00. The van der Waals surface area contributed by atoms with Crippen molar-refractivity contribution in [3.8, 4) is 11.8 Å². The molecule has 2 atom stereocenters. The summed E-state index contributed by atoms with van der Waals surface area (Å²) in [4.78, 5) is 0. The molecule has 0 unspecified atom stereocenters. The van der Waals surface area contributed by atoms with Gasteiger partial charge in [-0.1, -0.05) is 25.8 Å². The van der Waals surface area contributed by atoms with E-state index in [1.165, 1.54) is 12.0 Å². The van der Waals surface area contributed by atoms with Crippen LogP contribution in [-0.4, -0.2) is 39.9 Å². The van der Waals surface area contributed by atoms with Gasteiger partial charge in [-0.05, 0) is 62.5 Å². The fraction of sp³-hybridized carbons (Fsp3) is 0.727. The third kappa shape index (κ3) is 8.08. The van der Waals surface area contributed by atoms with Gasteiger partial charge in [0.1, 0.15) is 5.76 Å². The summed E-state index contributed by atoms with van der Waals surface area (Å²) in [6.07, 6.45) is -6.92. The van der Waals surface area contributed by atoms with Gasteiger partial charge in [0.15, 0.2) is 0 Å². The van der Waals surface area contributed by atoms with Gasteiger partial charge < -0.3 is 15.3 Å². The molecule has 9 heteroatoms. The van der Waals surface area contributed by atoms with Crippen molar-refractivity contribution in [2.75, 3.05) is 0 Å². The van der Waals surface area contributed by atoms with Crippen molar-refractivity contribution in [2.24, 2.45) is 10.8 Å². The number of rotatable bonds is 6. The van der Waals surface area contributed by atoms with E-state index in [1.54, 1.807) is 19.9 Å². The van der Waals surface area contributed by atoms with Crippen LogP contribution in [0, 0.1) is 22.7 Å². The summed E-state index contributed by atoms with van der Waals surface area (Å²) in [6.45, 7) is 3.48. The van der Waals surface area contributed by atoms with Crippen LogP contribution in [-0.2, 0) is 0 Å². The molecule has 0 spiro atoms. The van der Waals surface area contributed by atoms with Gasteiger partial charge in [-0.2, -0.15) is 26.3 Å². The van der Waals surface area contributed by atoms with Gasteiger partial charge >= 0.3 is 12.4 Å². The highest BCUT2D eigenvalue weighted by Crippen LogP contribution is 2.49. The smallest absolute Gasteiger partial charge is 0.413 e. The van der Waals surface area contributed by atoms with E-state index in [0.29, 0.717) is 24.8 Å². The Morgan fingerprint density at radius 2 is 1.52 bits per heavy atom. The van der Waals surface area contributed by atoms with E-state index >= 15 is 0 Å². The molecule has 1 saturated carbocycles. The van der Waals surface area contributed by atoms with Crippen LogP contribution in [0.4, 0.5) is 26.3 Å². The minimum Gasteiger partial charge on any atom is -0.508 e. The third-order valence-electron chi connectivity index (χ3n) is 5.41. The van der Waals surface area contributed by atoms with Crippen LogP contribution in [0.3, 0.4) is 0 Å². The van der Waals surface area contributed by atoms with E-state index in [-0.39, 0.29) is 38.4 Å². The number of aliphatic hydroxyl groups excluding tert-OH is 3. The number of hydrogen-bond donors (Lipinski definition) is 3. The lowest BCUT2D eigenvalue weighted by atomic mass is 9.83. The van der Waals surface area contributed by atoms with Crippen molar-refractivity contribution >= 4 is 0 Å². The molecular weight excluding hydrogens is 426 g/mol. The number of unbranched alkanes of at least 4 members (excludes halogenated alkanes) is 1. The monoisotopic (exact) mass is 456 g/mol. The van der Waals surface area contributed by atoms with Gasteiger partial charge in [-0.15, -0.1) is 5.92 Å². The number of allylic oxidation sites excluding steroid dienone is 2. The molecule has 0 saturated heterocycles. The van der Waals surface area contributed by atoms with Gasteiger partial charge in [-0.25, -0.2) is 0 Å². The lowest BCUT2D eigenvalue weighted by molar-refractivity contribution is -0.310. The predicted molar refractivity (Wildman–Crippen MR) is 105 cm³/mol. The van der Waals surface area contributed by atoms with Gasteiger partial charge in [0.05, 0.1) is 12.2 Å². The average molecular weight is 456 g/mol. The Morgan fingerprint density at radius 3 is 2.00 bits per heavy atom. The Hall–Kier alpha value is -1.66. The third-order valence-corrected chi connectivity index (χ3v) is 5.41. The zero-order chi connectivity index (χ0) is 24.1. The Kier molecular flexibility index (Phi) is 9.10. The minimum atomic E-state index is -5.52. The Bertz CT molecular complexity index is 696. The predicted octanol–water partition coefficient (Wildman–Crippen LogP) is 5.98. The Morgan fingerprint density at radius 1 is 1.00 bits per heavy atom. The molecule has 1 aliphatic carbocycles. The van der Waals surface area contributed by atoms with Crippen LogP contribution in [0.25, 0.3) is 0 Å². The standard InChI is InChI=1S/C22H30F6O3/c1-19(2,10-7-11-20(3,21(23,24)25)22(26,27)28)9-6-4-5-8-18(31)15-12-16(29)14-17(30)13-15/h5,8,16-17,29-31H,4,6,9-10,12-14H2,1-3H3/b8-5+/t16-,17-/m1/s1. The van der Waals surface area contributed by atoms with E-state index in [0.717, 1.165) is 0 Å². The Labute approximate surface area is 178 Å². The van der Waals surface area contributed by atoms with Crippen LogP contribution < -0.4 is 0 Å². The molecule has 0 radical (unpaired) electrons. The van der Waals surface area contributed by atoms with Crippen molar-refractivity contribution in [3.05, 3.63) is 23.5 Å². The highest BCUT2D eigenvalue weighted by molar-refractivity contribution is 5.22. The van der Waals surface area contributed by atoms with Crippen molar-refractivity contribution in [1.82, 2.24) is 0 Å². The first kappa shape index (κ1) is 27.4. The topological polar surface area (TPSA) is 60.7 Å². The van der Waals surface area contributed by atoms with Crippen molar-refractivity contribution in [3.63, 3.8) is 0 Å². The summed E-state index contributed by atoms with van der Waals surface area (Å²) in [5.74, 6) is 3.47. The SMILES string of the molecule is CC(C)(CC#CC(C)(C(F)(F)F)C(F)(F)F)CCC/C=C/C(O)=C1C[C@@H](O)C[C@H](O)C1. The molecule has 0 bridgehead atoms. The van der Waals surface area contributed by atoms with E-state index in [1.807, 2.05) is 0 Å². The van der Waals surface area contributed by atoms with Crippen LogP contribution >= 0.6 is 0 Å². The number of alkyl halides is 6. The first-order chi connectivity index (χ1) is 14.0. The second-order valence-electron chi connectivity index (χ2n) is 9.00. The van der Waals surface area contributed by atoms with Gasteiger partial charge in [-0.3, -0.25) is 0 Å². The molecule has 0 amide bonds. The highest BCUT2D eigenvalue weighted by Gasteiger charge is 2.67. The van der Waals surface area contributed by atoms with Gasteiger partial charge in [0.25, 0.3) is 0 Å². The van der Waals surface area contributed by atoms with E-state index < -0.39 is 35.4 Å². The molecule has 1 aliphatic rings. The first-order valence-electron chi connectivity index (χ1n) is 10.1. The van der Waals surface area contributed by atoms with Gasteiger partial charge in [0, 0.05) is 6.42 Å². The maximum Gasteiger partial charge on any atom is 0.413 e. The van der Waals surface area contributed by atoms with Crippen LogP contribution in [0.2, 0.25) is 0 Å². The van der Waals surface area contributed by atoms with Crippen molar-refractivity contribution in [1.29, 1.82) is 0 Å². The van der Waals surface area contributed by atoms with Crippen molar-refractivity contribution < 1.29 is 41.7 Å². The molecule has 0 heterocycles. The molecule has 178 valence electrons. The first-order valence-corrected chi connectivity index (χ1v) is 10.1. The quantitative estimate of drug-likeness (QED) is 0.199. The molecule has 0 aromatic carbocycles. The molecule has 1 rings (SSSR count). The maximum atomic E-state index is 12.9. The highest BCUT2D eigenvalue weighted by atomic mass is 19.4. The largest absolute Gasteiger partial charge is 0.508 e. The van der Waals surface area contributed by atoms with E-state index in [9.17, 15) is 41.7 Å². The van der Waals surface area contributed by atoms with Crippen LogP contribution in [0.5, 0.6) is 0 Å². The lowest BCUT2D eigenvalue weighted by Crippen LogP contribution is -2.46. The van der Waals surface area contributed by atoms with Crippen molar-refractivity contribution in [2.45, 2.75) is 90.3 Å². The summed E-state index contributed by atoms with van der Waals surface area (Å²) in [5.41, 5.74) is -4.09. The summed E-state index contributed by atoms with van der Waals surface area (Å²) in [7, 11) is 0. The summed E-state index contributed by atoms with van der Waals surface area (Å²) < 4.78 is 77.2. The molecule has 3 nitrogen and oxygen atoms in total. The number of halogens is 6. The molecule has 0 aromatic rings. The van der Waals surface area contributed by atoms with Crippen LogP contribution in [0.1, 0.15) is 65.7 Å². The summed E-state index contributed by atoms with van der Waals surface area (Å²) >= 11 is 0. The number of aliphatic hydroxyl groups is 3. The lowest BCUT2D eigenvalue weighted by Gasteiger charge is -2.29. The minimum absolute atomic E-state index is 0.0125. The maximum absolute atomic E-state index is 12.9. The van der Waals surface area contributed by atoms with E-state index in [4.69, 9.17) is 0 Å². The molecule has 31 heavy (non-hydrogen) atoms. The zero-order valence-corrected chi connectivity index (χ0v) is 17.9. The van der Waals surface area contributed by atoms with E-state index in [2.05, 4.69) is 5.92 Å².